The lowest BCUT2D eigenvalue weighted by molar-refractivity contribution is -0.130. The molecule has 3 nitrogen and oxygen atoms in total. The summed E-state index contributed by atoms with van der Waals surface area (Å²) in [6.07, 6.45) is 1.52. The summed E-state index contributed by atoms with van der Waals surface area (Å²) in [6.45, 7) is 4.69. The zero-order valence-electron chi connectivity index (χ0n) is 12.5. The second kappa shape index (κ2) is 8.39. The summed E-state index contributed by atoms with van der Waals surface area (Å²) >= 11 is 0. The van der Waals surface area contributed by atoms with Gasteiger partial charge in [-0.25, -0.2) is 0 Å². The minimum atomic E-state index is -0.141. The summed E-state index contributed by atoms with van der Waals surface area (Å²) in [4.78, 5) is 13.7. The van der Waals surface area contributed by atoms with E-state index in [2.05, 4.69) is 25.7 Å². The summed E-state index contributed by atoms with van der Waals surface area (Å²) in [5, 5.41) is 8.69. The van der Waals surface area contributed by atoms with Crippen molar-refractivity contribution in [2.24, 2.45) is 5.92 Å². The summed E-state index contributed by atoms with van der Waals surface area (Å²) in [7, 11) is 1.83. The Bertz CT molecular complexity index is 497. The van der Waals surface area contributed by atoms with Crippen molar-refractivity contribution in [2.45, 2.75) is 33.2 Å². The summed E-state index contributed by atoms with van der Waals surface area (Å²) in [5.41, 5.74) is 1.91. The van der Waals surface area contributed by atoms with Gasteiger partial charge in [0.15, 0.2) is 0 Å². The molecule has 20 heavy (non-hydrogen) atoms. The van der Waals surface area contributed by atoms with Crippen LogP contribution in [0, 0.1) is 17.8 Å². The first-order chi connectivity index (χ1) is 9.52. The lowest BCUT2D eigenvalue weighted by Gasteiger charge is -2.18. The van der Waals surface area contributed by atoms with Gasteiger partial charge in [0.25, 0.3) is 0 Å². The van der Waals surface area contributed by atoms with E-state index in [4.69, 9.17) is 5.11 Å². The van der Waals surface area contributed by atoms with Crippen molar-refractivity contribution in [3.63, 3.8) is 0 Å². The largest absolute Gasteiger partial charge is 0.384 e. The van der Waals surface area contributed by atoms with Gasteiger partial charge in [-0.2, -0.15) is 0 Å². The van der Waals surface area contributed by atoms with Crippen LogP contribution in [0.4, 0.5) is 0 Å². The molecule has 0 fully saturated rings. The third-order valence-corrected chi connectivity index (χ3v) is 3.02. The molecule has 0 bridgehead atoms. The molecule has 0 saturated heterocycles. The van der Waals surface area contributed by atoms with Gasteiger partial charge in [-0.1, -0.05) is 37.8 Å². The van der Waals surface area contributed by atoms with Crippen molar-refractivity contribution in [2.75, 3.05) is 13.7 Å². The molecule has 3 heteroatoms. The van der Waals surface area contributed by atoms with E-state index < -0.39 is 0 Å². The summed E-state index contributed by atoms with van der Waals surface area (Å²) in [5.74, 6) is 6.22. The first-order valence-corrected chi connectivity index (χ1v) is 6.95. The van der Waals surface area contributed by atoms with E-state index >= 15 is 0 Å². The number of benzene rings is 1. The maximum absolute atomic E-state index is 12.0. The van der Waals surface area contributed by atoms with Crippen LogP contribution in [-0.2, 0) is 11.3 Å². The molecule has 0 radical (unpaired) electrons. The summed E-state index contributed by atoms with van der Waals surface area (Å²) < 4.78 is 0. The molecule has 0 spiro atoms. The van der Waals surface area contributed by atoms with Crippen molar-refractivity contribution < 1.29 is 9.90 Å². The molecule has 0 unspecified atom stereocenters. The molecule has 1 aromatic carbocycles. The maximum Gasteiger partial charge on any atom is 0.222 e. The van der Waals surface area contributed by atoms with Gasteiger partial charge < -0.3 is 10.0 Å². The topological polar surface area (TPSA) is 40.5 Å². The molecule has 0 aromatic heterocycles. The van der Waals surface area contributed by atoms with E-state index in [9.17, 15) is 4.79 Å². The van der Waals surface area contributed by atoms with Crippen molar-refractivity contribution in [3.8, 4) is 11.8 Å². The SMILES string of the molecule is CC(C)CCC(=O)N(C)Cc1cccc(C#CCO)c1. The molecule has 0 aliphatic carbocycles. The average Bonchev–Trinajstić information content (AvgIpc) is 2.42. The molecule has 108 valence electrons. The molecule has 1 rings (SSSR count). The van der Waals surface area contributed by atoms with Crippen LogP contribution >= 0.6 is 0 Å². The van der Waals surface area contributed by atoms with Crippen LogP contribution in [0.25, 0.3) is 0 Å². The second-order valence-corrected chi connectivity index (χ2v) is 5.34. The highest BCUT2D eigenvalue weighted by Crippen LogP contribution is 2.10. The predicted octanol–water partition coefficient (Wildman–Crippen LogP) is 2.43. The van der Waals surface area contributed by atoms with E-state index in [1.807, 2.05) is 31.3 Å². The molecule has 0 aliphatic heterocycles. The number of rotatable bonds is 5. The maximum atomic E-state index is 12.0. The second-order valence-electron chi connectivity index (χ2n) is 5.34. The Balaban J connectivity index is 2.61. The fourth-order valence-electron chi connectivity index (χ4n) is 1.85. The van der Waals surface area contributed by atoms with Crippen molar-refractivity contribution >= 4 is 5.91 Å². The minimum absolute atomic E-state index is 0.141. The van der Waals surface area contributed by atoms with Crippen LogP contribution in [0.5, 0.6) is 0 Å². The van der Waals surface area contributed by atoms with Gasteiger partial charge in [-0.05, 0) is 30.0 Å². The molecular weight excluding hydrogens is 250 g/mol. The Morgan fingerprint density at radius 2 is 2.15 bits per heavy atom. The van der Waals surface area contributed by atoms with E-state index in [1.165, 1.54) is 0 Å². The van der Waals surface area contributed by atoms with Crippen LogP contribution in [0.3, 0.4) is 0 Å². The first-order valence-electron chi connectivity index (χ1n) is 6.95. The molecule has 0 saturated carbocycles. The van der Waals surface area contributed by atoms with Gasteiger partial charge in [0.05, 0.1) is 0 Å². The average molecular weight is 273 g/mol. The highest BCUT2D eigenvalue weighted by Gasteiger charge is 2.10. The van der Waals surface area contributed by atoms with Gasteiger partial charge in [0, 0.05) is 25.6 Å². The van der Waals surface area contributed by atoms with Gasteiger partial charge in [-0.3, -0.25) is 4.79 Å². The quantitative estimate of drug-likeness (QED) is 0.837. The smallest absolute Gasteiger partial charge is 0.222 e. The van der Waals surface area contributed by atoms with Crippen molar-refractivity contribution in [1.82, 2.24) is 4.90 Å². The minimum Gasteiger partial charge on any atom is -0.384 e. The Morgan fingerprint density at radius 1 is 1.40 bits per heavy atom. The number of carbonyl (C=O) groups excluding carboxylic acids is 1. The monoisotopic (exact) mass is 273 g/mol. The lowest BCUT2D eigenvalue weighted by Crippen LogP contribution is -2.26. The number of nitrogens with zero attached hydrogens (tertiary/aromatic N) is 1. The van der Waals surface area contributed by atoms with Crippen molar-refractivity contribution in [1.29, 1.82) is 0 Å². The molecule has 0 atom stereocenters. The number of aliphatic hydroxyl groups excluding tert-OH is 1. The van der Waals surface area contributed by atoms with Crippen LogP contribution in [0.2, 0.25) is 0 Å². The van der Waals surface area contributed by atoms with Gasteiger partial charge in [0.2, 0.25) is 5.91 Å². The Kier molecular flexibility index (Phi) is 6.83. The fourth-order valence-corrected chi connectivity index (χ4v) is 1.85. The predicted molar refractivity (Wildman–Crippen MR) is 81.0 cm³/mol. The molecule has 1 aromatic rings. The third-order valence-electron chi connectivity index (χ3n) is 3.02. The van der Waals surface area contributed by atoms with Crippen LogP contribution < -0.4 is 0 Å². The van der Waals surface area contributed by atoms with E-state index in [0.29, 0.717) is 18.9 Å². The zero-order chi connectivity index (χ0) is 15.0. The molecule has 1 N–H and O–H groups in total. The highest BCUT2D eigenvalue weighted by molar-refractivity contribution is 5.75. The lowest BCUT2D eigenvalue weighted by atomic mass is 10.1. The zero-order valence-corrected chi connectivity index (χ0v) is 12.5. The number of hydrogen-bond acceptors (Lipinski definition) is 2. The Morgan fingerprint density at radius 3 is 2.80 bits per heavy atom. The number of carbonyl (C=O) groups is 1. The highest BCUT2D eigenvalue weighted by atomic mass is 16.2. The van der Waals surface area contributed by atoms with Gasteiger partial charge >= 0.3 is 0 Å². The number of aliphatic hydroxyl groups is 1. The van der Waals surface area contributed by atoms with E-state index in [1.54, 1.807) is 4.90 Å². The normalized spacial score (nSPS) is 10.1. The van der Waals surface area contributed by atoms with Crippen LogP contribution in [0.1, 0.15) is 37.8 Å². The Hall–Kier alpha value is -1.79. The van der Waals surface area contributed by atoms with Crippen molar-refractivity contribution in [3.05, 3.63) is 35.4 Å². The summed E-state index contributed by atoms with van der Waals surface area (Å²) in [6, 6.07) is 7.75. The fraction of sp³-hybridized carbons (Fsp3) is 0.471. The van der Waals surface area contributed by atoms with E-state index in [-0.39, 0.29) is 12.5 Å². The molecule has 0 aliphatic rings. The standard InChI is InChI=1S/C17H23NO2/c1-14(2)9-10-17(20)18(3)13-16-7-4-6-15(12-16)8-5-11-19/h4,6-7,12,14,19H,9-11,13H2,1-3H3. The van der Waals surface area contributed by atoms with Crippen LogP contribution in [-0.4, -0.2) is 29.6 Å². The third kappa shape index (κ3) is 5.90. The van der Waals surface area contributed by atoms with E-state index in [0.717, 1.165) is 17.5 Å². The molecular formula is C17H23NO2. The molecule has 1 amide bonds. The van der Waals surface area contributed by atoms with Gasteiger partial charge in [-0.15, -0.1) is 0 Å². The molecule has 0 heterocycles. The Labute approximate surface area is 121 Å². The van der Waals surface area contributed by atoms with Crippen LogP contribution in [0.15, 0.2) is 24.3 Å². The number of hydrogen-bond donors (Lipinski definition) is 1. The number of amides is 1. The first kappa shape index (κ1) is 16.3. The van der Waals surface area contributed by atoms with Gasteiger partial charge in [0.1, 0.15) is 6.61 Å².